The number of carbonyl (C=O) groups excluding carboxylic acids is 3. The maximum absolute atomic E-state index is 12.9. The van der Waals surface area contributed by atoms with E-state index in [1.807, 2.05) is 0 Å². The van der Waals surface area contributed by atoms with Crippen molar-refractivity contribution >= 4 is 51.2 Å². The van der Waals surface area contributed by atoms with Gasteiger partial charge in [0.2, 0.25) is 11.8 Å². The average molecular weight is 530 g/mol. The van der Waals surface area contributed by atoms with Crippen LogP contribution in [0.15, 0.2) is 63.6 Å². The molecule has 2 aromatic rings. The Hall–Kier alpha value is -3.29. The second-order valence-corrected chi connectivity index (χ2v) is 8.82. The molecular formula is C23H20BrN3O5S. The zero-order chi connectivity index (χ0) is 24.0. The summed E-state index contributed by atoms with van der Waals surface area (Å²) in [6.07, 6.45) is 0. The highest BCUT2D eigenvalue weighted by atomic mass is 79.9. The van der Waals surface area contributed by atoms with Crippen molar-refractivity contribution < 1.29 is 23.9 Å². The summed E-state index contributed by atoms with van der Waals surface area (Å²) in [6, 6.07) is 16.1. The minimum atomic E-state index is -1.23. The second-order valence-electron chi connectivity index (χ2n) is 6.91. The highest BCUT2D eigenvalue weighted by Gasteiger charge is 2.44. The first-order chi connectivity index (χ1) is 15.9. The van der Waals surface area contributed by atoms with E-state index >= 15 is 0 Å². The number of nitrogens with one attached hydrogen (secondary N) is 2. The van der Waals surface area contributed by atoms with Crippen molar-refractivity contribution in [2.45, 2.75) is 5.92 Å². The summed E-state index contributed by atoms with van der Waals surface area (Å²) in [7, 11) is 2.69. The molecule has 2 atom stereocenters. The SMILES string of the molecule is COC(=O)[C@H]1C(=O)NC(SCC(=O)Nc2ccccc2OC)=C(C#N)[C@H]1c1cccc(Br)c1. The number of nitrogens with zero attached hydrogens (tertiary/aromatic N) is 1. The van der Waals surface area contributed by atoms with Crippen LogP contribution in [0, 0.1) is 17.2 Å². The number of amides is 2. The lowest BCUT2D eigenvalue weighted by Crippen LogP contribution is -2.44. The van der Waals surface area contributed by atoms with Crippen LogP contribution in [0.5, 0.6) is 5.75 Å². The molecular weight excluding hydrogens is 510 g/mol. The number of ether oxygens (including phenoxy) is 2. The predicted octanol–water partition coefficient (Wildman–Crippen LogP) is 3.57. The van der Waals surface area contributed by atoms with E-state index in [1.54, 1.807) is 48.5 Å². The molecule has 3 rings (SSSR count). The Morgan fingerprint density at radius 2 is 1.97 bits per heavy atom. The molecule has 0 unspecified atom stereocenters. The van der Waals surface area contributed by atoms with E-state index in [-0.39, 0.29) is 22.3 Å². The zero-order valence-corrected chi connectivity index (χ0v) is 20.2. The molecule has 0 saturated carbocycles. The third-order valence-electron chi connectivity index (χ3n) is 4.92. The lowest BCUT2D eigenvalue weighted by atomic mass is 9.78. The van der Waals surface area contributed by atoms with E-state index in [4.69, 9.17) is 9.47 Å². The van der Waals surface area contributed by atoms with Crippen molar-refractivity contribution in [3.8, 4) is 11.8 Å². The van der Waals surface area contributed by atoms with Crippen LogP contribution < -0.4 is 15.4 Å². The van der Waals surface area contributed by atoms with Gasteiger partial charge >= 0.3 is 5.97 Å². The number of hydrogen-bond acceptors (Lipinski definition) is 7. The molecule has 2 aromatic carbocycles. The molecule has 1 aliphatic heterocycles. The number of benzene rings is 2. The van der Waals surface area contributed by atoms with E-state index in [9.17, 15) is 19.6 Å². The fraction of sp³-hybridized carbons (Fsp3) is 0.217. The number of halogens is 1. The molecule has 2 N–H and O–H groups in total. The number of carbonyl (C=O) groups is 3. The first kappa shape index (κ1) is 24.4. The number of thioether (sulfide) groups is 1. The lowest BCUT2D eigenvalue weighted by Gasteiger charge is -2.31. The highest BCUT2D eigenvalue weighted by molar-refractivity contribution is 9.10. The highest BCUT2D eigenvalue weighted by Crippen LogP contribution is 2.40. The van der Waals surface area contributed by atoms with Gasteiger partial charge < -0.3 is 20.1 Å². The van der Waals surface area contributed by atoms with Gasteiger partial charge in [-0.1, -0.05) is 52.0 Å². The molecule has 0 aliphatic carbocycles. The van der Waals surface area contributed by atoms with Crippen LogP contribution in [-0.4, -0.2) is 37.8 Å². The van der Waals surface area contributed by atoms with Crippen molar-refractivity contribution in [2.24, 2.45) is 5.92 Å². The van der Waals surface area contributed by atoms with Crippen molar-refractivity contribution in [2.75, 3.05) is 25.3 Å². The Kier molecular flexibility index (Phi) is 8.14. The number of nitriles is 1. The first-order valence-corrected chi connectivity index (χ1v) is 11.5. The minimum absolute atomic E-state index is 0.0765. The molecule has 170 valence electrons. The Morgan fingerprint density at radius 1 is 1.21 bits per heavy atom. The summed E-state index contributed by atoms with van der Waals surface area (Å²) < 4.78 is 10.8. The van der Waals surface area contributed by atoms with Crippen LogP contribution in [-0.2, 0) is 19.1 Å². The lowest BCUT2D eigenvalue weighted by molar-refractivity contribution is -0.150. The summed E-state index contributed by atoms with van der Waals surface area (Å²) in [5, 5.41) is 15.5. The van der Waals surface area contributed by atoms with Gasteiger partial charge in [-0.05, 0) is 29.8 Å². The molecule has 10 heteroatoms. The van der Waals surface area contributed by atoms with Gasteiger partial charge in [-0.3, -0.25) is 14.4 Å². The molecule has 0 fully saturated rings. The summed E-state index contributed by atoms with van der Waals surface area (Å²) in [6.45, 7) is 0. The molecule has 0 aromatic heterocycles. The fourth-order valence-corrected chi connectivity index (χ4v) is 4.72. The third-order valence-corrected chi connectivity index (χ3v) is 6.43. The van der Waals surface area contributed by atoms with Crippen molar-refractivity contribution in [3.63, 3.8) is 0 Å². The van der Waals surface area contributed by atoms with Gasteiger partial charge in [0.25, 0.3) is 0 Å². The summed E-state index contributed by atoms with van der Waals surface area (Å²) in [4.78, 5) is 37.8. The largest absolute Gasteiger partial charge is 0.495 e. The molecule has 0 saturated heterocycles. The molecule has 0 radical (unpaired) electrons. The monoisotopic (exact) mass is 529 g/mol. The fourth-order valence-electron chi connectivity index (χ4n) is 3.45. The predicted molar refractivity (Wildman–Crippen MR) is 127 cm³/mol. The Morgan fingerprint density at radius 3 is 2.64 bits per heavy atom. The van der Waals surface area contributed by atoms with Crippen molar-refractivity contribution in [1.29, 1.82) is 5.26 Å². The van der Waals surface area contributed by atoms with Crippen molar-refractivity contribution in [1.82, 2.24) is 5.32 Å². The molecule has 33 heavy (non-hydrogen) atoms. The number of anilines is 1. The number of rotatable bonds is 7. The van der Waals surface area contributed by atoms with Gasteiger partial charge in [0.05, 0.1) is 42.3 Å². The van der Waals surface area contributed by atoms with Gasteiger partial charge in [-0.25, -0.2) is 0 Å². The zero-order valence-electron chi connectivity index (χ0n) is 17.8. The molecule has 0 spiro atoms. The summed E-state index contributed by atoms with van der Waals surface area (Å²) in [5.41, 5.74) is 1.28. The van der Waals surface area contributed by atoms with Gasteiger partial charge in [-0.2, -0.15) is 5.26 Å². The number of allylic oxidation sites excluding steroid dienone is 1. The second kappa shape index (κ2) is 11.0. The van der Waals surface area contributed by atoms with E-state index in [0.29, 0.717) is 17.0 Å². The maximum atomic E-state index is 12.9. The van der Waals surface area contributed by atoms with Gasteiger partial charge in [0.15, 0.2) is 0 Å². The minimum Gasteiger partial charge on any atom is -0.495 e. The van der Waals surface area contributed by atoms with Crippen LogP contribution in [0.1, 0.15) is 11.5 Å². The van der Waals surface area contributed by atoms with Crippen LogP contribution >= 0.6 is 27.7 Å². The van der Waals surface area contributed by atoms with Crippen LogP contribution in [0.25, 0.3) is 0 Å². The number of para-hydroxylation sites is 2. The smallest absolute Gasteiger partial charge is 0.319 e. The van der Waals surface area contributed by atoms with E-state index in [2.05, 4.69) is 32.6 Å². The molecule has 1 heterocycles. The standard InChI is InChI=1S/C23H20BrN3O5S/c1-31-17-9-4-3-8-16(17)26-18(28)12-33-22-15(11-25)19(13-6-5-7-14(24)10-13)20(21(29)27-22)23(30)32-2/h3-10,19-20H,12H2,1-2H3,(H,26,28)(H,27,29)/t19-,20-/m1/s1. The molecule has 0 bridgehead atoms. The summed E-state index contributed by atoms with van der Waals surface area (Å²) in [5.74, 6) is -3.35. The molecule has 2 amide bonds. The van der Waals surface area contributed by atoms with Gasteiger partial charge in [0, 0.05) is 10.4 Å². The van der Waals surface area contributed by atoms with E-state index in [1.165, 1.54) is 14.2 Å². The average Bonchev–Trinajstić information content (AvgIpc) is 2.82. The van der Waals surface area contributed by atoms with Crippen LogP contribution in [0.4, 0.5) is 5.69 Å². The number of methoxy groups -OCH3 is 2. The first-order valence-electron chi connectivity index (χ1n) is 9.73. The summed E-state index contributed by atoms with van der Waals surface area (Å²) >= 11 is 4.39. The normalized spacial score (nSPS) is 17.6. The van der Waals surface area contributed by atoms with Gasteiger partial charge in [0.1, 0.15) is 11.7 Å². The van der Waals surface area contributed by atoms with Crippen LogP contribution in [0.2, 0.25) is 0 Å². The molecule has 1 aliphatic rings. The number of esters is 1. The van der Waals surface area contributed by atoms with E-state index in [0.717, 1.165) is 16.2 Å². The maximum Gasteiger partial charge on any atom is 0.319 e. The molecule has 8 nitrogen and oxygen atoms in total. The number of hydrogen-bond donors (Lipinski definition) is 2. The van der Waals surface area contributed by atoms with Gasteiger partial charge in [-0.15, -0.1) is 0 Å². The Bertz CT molecular complexity index is 1160. The Labute approximate surface area is 203 Å². The Balaban J connectivity index is 1.89. The van der Waals surface area contributed by atoms with Crippen LogP contribution in [0.3, 0.4) is 0 Å². The quantitative estimate of drug-likeness (QED) is 0.415. The van der Waals surface area contributed by atoms with Crippen molar-refractivity contribution in [3.05, 3.63) is 69.2 Å². The topological polar surface area (TPSA) is 118 Å². The van der Waals surface area contributed by atoms with E-state index < -0.39 is 23.7 Å². The third kappa shape index (κ3) is 5.56.